The van der Waals surface area contributed by atoms with Gasteiger partial charge in [0.15, 0.2) is 0 Å². The van der Waals surface area contributed by atoms with Gasteiger partial charge < -0.3 is 15.5 Å². The molecule has 0 aliphatic carbocycles. The van der Waals surface area contributed by atoms with Gasteiger partial charge in [0.05, 0.1) is 0 Å². The number of carbonyl (C=O) groups excluding carboxylic acids is 1. The number of hydrogen-bond donors (Lipinski definition) is 2. The Labute approximate surface area is 111 Å². The highest BCUT2D eigenvalue weighted by atomic mass is 16.1. The van der Waals surface area contributed by atoms with E-state index in [1.165, 1.54) is 12.8 Å². The smallest absolute Gasteiger partial charge is 0.221 e. The summed E-state index contributed by atoms with van der Waals surface area (Å²) >= 11 is 0. The SMILES string of the molecule is CN1CCC(CNC(=O)CCNC(C)(C)C)CC1. The molecule has 106 valence electrons. The van der Waals surface area contributed by atoms with Crippen molar-refractivity contribution in [1.82, 2.24) is 15.5 Å². The average Bonchev–Trinajstić information content (AvgIpc) is 2.26. The number of nitrogens with zero attached hydrogens (tertiary/aromatic N) is 1. The third kappa shape index (κ3) is 6.97. The third-order valence-electron chi connectivity index (χ3n) is 3.43. The molecule has 0 radical (unpaired) electrons. The first-order chi connectivity index (χ1) is 8.37. The Balaban J connectivity index is 2.06. The van der Waals surface area contributed by atoms with E-state index in [4.69, 9.17) is 0 Å². The molecule has 0 bridgehead atoms. The van der Waals surface area contributed by atoms with Crippen LogP contribution in [0.5, 0.6) is 0 Å². The number of carbonyl (C=O) groups is 1. The van der Waals surface area contributed by atoms with Crippen LogP contribution in [-0.2, 0) is 4.79 Å². The number of nitrogens with one attached hydrogen (secondary N) is 2. The molecule has 2 N–H and O–H groups in total. The van der Waals surface area contributed by atoms with Gasteiger partial charge in [-0.3, -0.25) is 4.79 Å². The second-order valence-electron chi connectivity index (χ2n) is 6.48. The lowest BCUT2D eigenvalue weighted by atomic mass is 9.97. The third-order valence-corrected chi connectivity index (χ3v) is 3.43. The van der Waals surface area contributed by atoms with Crippen molar-refractivity contribution in [2.24, 2.45) is 5.92 Å². The van der Waals surface area contributed by atoms with Gasteiger partial charge in [0.25, 0.3) is 0 Å². The standard InChI is InChI=1S/C14H29N3O/c1-14(2,3)16-8-5-13(18)15-11-12-6-9-17(4)10-7-12/h12,16H,5-11H2,1-4H3,(H,15,18). The summed E-state index contributed by atoms with van der Waals surface area (Å²) in [5, 5.41) is 6.39. The van der Waals surface area contributed by atoms with Gasteiger partial charge in [0.2, 0.25) is 5.91 Å². The monoisotopic (exact) mass is 255 g/mol. The van der Waals surface area contributed by atoms with Crippen molar-refractivity contribution in [2.45, 2.75) is 45.6 Å². The van der Waals surface area contributed by atoms with Crippen LogP contribution < -0.4 is 10.6 Å². The van der Waals surface area contributed by atoms with Crippen LogP contribution in [0.25, 0.3) is 0 Å². The lowest BCUT2D eigenvalue weighted by Gasteiger charge is -2.29. The molecule has 1 heterocycles. The molecule has 1 amide bonds. The summed E-state index contributed by atoms with van der Waals surface area (Å²) in [5.74, 6) is 0.839. The fraction of sp³-hybridized carbons (Fsp3) is 0.929. The van der Waals surface area contributed by atoms with Gasteiger partial charge in [0, 0.05) is 25.0 Å². The van der Waals surface area contributed by atoms with E-state index < -0.39 is 0 Å². The van der Waals surface area contributed by atoms with Crippen LogP contribution in [0.2, 0.25) is 0 Å². The Kier molecular flexibility index (Phi) is 6.09. The van der Waals surface area contributed by atoms with E-state index in [-0.39, 0.29) is 11.4 Å². The molecule has 0 aromatic carbocycles. The predicted molar refractivity (Wildman–Crippen MR) is 75.6 cm³/mol. The molecular weight excluding hydrogens is 226 g/mol. The molecule has 18 heavy (non-hydrogen) atoms. The molecule has 1 saturated heterocycles. The van der Waals surface area contributed by atoms with Crippen molar-refractivity contribution in [3.63, 3.8) is 0 Å². The van der Waals surface area contributed by atoms with Crippen molar-refractivity contribution in [1.29, 1.82) is 0 Å². The summed E-state index contributed by atoms with van der Waals surface area (Å²) in [6.45, 7) is 10.3. The minimum atomic E-state index is 0.0915. The molecule has 0 atom stereocenters. The van der Waals surface area contributed by atoms with Crippen LogP contribution in [0.4, 0.5) is 0 Å². The van der Waals surface area contributed by atoms with Gasteiger partial charge >= 0.3 is 0 Å². The van der Waals surface area contributed by atoms with Gasteiger partial charge in [-0.1, -0.05) is 0 Å². The Morgan fingerprint density at radius 1 is 1.28 bits per heavy atom. The lowest BCUT2D eigenvalue weighted by molar-refractivity contribution is -0.121. The van der Waals surface area contributed by atoms with Gasteiger partial charge in [-0.2, -0.15) is 0 Å². The molecule has 0 aromatic rings. The summed E-state index contributed by atoms with van der Waals surface area (Å²) in [4.78, 5) is 14.0. The van der Waals surface area contributed by atoms with Crippen LogP contribution in [0, 0.1) is 5.92 Å². The van der Waals surface area contributed by atoms with Gasteiger partial charge in [-0.05, 0) is 59.7 Å². The van der Waals surface area contributed by atoms with E-state index in [2.05, 4.69) is 43.4 Å². The zero-order chi connectivity index (χ0) is 13.6. The first kappa shape index (κ1) is 15.4. The van der Waals surface area contributed by atoms with Crippen LogP contribution >= 0.6 is 0 Å². The summed E-state index contributed by atoms with van der Waals surface area (Å²) in [7, 11) is 2.16. The first-order valence-corrected chi connectivity index (χ1v) is 7.07. The minimum Gasteiger partial charge on any atom is -0.356 e. The largest absolute Gasteiger partial charge is 0.356 e. The van der Waals surface area contributed by atoms with Crippen LogP contribution in [0.3, 0.4) is 0 Å². The zero-order valence-electron chi connectivity index (χ0n) is 12.4. The second-order valence-corrected chi connectivity index (χ2v) is 6.48. The molecule has 0 saturated carbocycles. The van der Waals surface area contributed by atoms with Crippen molar-refractivity contribution >= 4 is 5.91 Å². The normalized spacial score (nSPS) is 18.9. The number of hydrogen-bond acceptors (Lipinski definition) is 3. The van der Waals surface area contributed by atoms with Crippen LogP contribution in [0.1, 0.15) is 40.0 Å². The maximum absolute atomic E-state index is 11.7. The molecular formula is C14H29N3O. The maximum atomic E-state index is 11.7. The Morgan fingerprint density at radius 3 is 2.44 bits per heavy atom. The number of piperidine rings is 1. The molecule has 1 fully saturated rings. The number of rotatable bonds is 5. The van der Waals surface area contributed by atoms with Crippen LogP contribution in [0.15, 0.2) is 0 Å². The summed E-state index contributed by atoms with van der Waals surface area (Å²) in [6.07, 6.45) is 2.98. The van der Waals surface area contributed by atoms with E-state index in [9.17, 15) is 4.79 Å². The molecule has 4 nitrogen and oxygen atoms in total. The fourth-order valence-corrected chi connectivity index (χ4v) is 2.16. The summed E-state index contributed by atoms with van der Waals surface area (Å²) < 4.78 is 0. The Bertz CT molecular complexity index is 252. The topological polar surface area (TPSA) is 44.4 Å². The Morgan fingerprint density at radius 2 is 1.89 bits per heavy atom. The minimum absolute atomic E-state index is 0.0915. The van der Waals surface area contributed by atoms with Crippen molar-refractivity contribution in [3.8, 4) is 0 Å². The Hall–Kier alpha value is -0.610. The zero-order valence-corrected chi connectivity index (χ0v) is 12.4. The lowest BCUT2D eigenvalue weighted by Crippen LogP contribution is -2.40. The van der Waals surface area contributed by atoms with Crippen LogP contribution in [-0.4, -0.2) is 49.6 Å². The van der Waals surface area contributed by atoms with Crippen molar-refractivity contribution in [3.05, 3.63) is 0 Å². The molecule has 1 aliphatic heterocycles. The summed E-state index contributed by atoms with van der Waals surface area (Å²) in [6, 6.07) is 0. The summed E-state index contributed by atoms with van der Waals surface area (Å²) in [5.41, 5.74) is 0.0915. The predicted octanol–water partition coefficient (Wildman–Crippen LogP) is 1.22. The van der Waals surface area contributed by atoms with Gasteiger partial charge in [0.1, 0.15) is 0 Å². The number of likely N-dealkylation sites (tertiary alicyclic amines) is 1. The highest BCUT2D eigenvalue weighted by Gasteiger charge is 2.17. The highest BCUT2D eigenvalue weighted by molar-refractivity contribution is 5.76. The number of amides is 1. The van der Waals surface area contributed by atoms with Gasteiger partial charge in [-0.25, -0.2) is 0 Å². The second kappa shape index (κ2) is 7.10. The first-order valence-electron chi connectivity index (χ1n) is 7.07. The molecule has 0 spiro atoms. The fourth-order valence-electron chi connectivity index (χ4n) is 2.16. The molecule has 1 rings (SSSR count). The van der Waals surface area contributed by atoms with Crippen molar-refractivity contribution in [2.75, 3.05) is 33.2 Å². The van der Waals surface area contributed by atoms with E-state index in [1.807, 2.05) is 0 Å². The van der Waals surface area contributed by atoms with E-state index in [0.717, 1.165) is 26.2 Å². The van der Waals surface area contributed by atoms with E-state index >= 15 is 0 Å². The van der Waals surface area contributed by atoms with Crippen molar-refractivity contribution < 1.29 is 4.79 Å². The quantitative estimate of drug-likeness (QED) is 0.776. The molecule has 0 aromatic heterocycles. The highest BCUT2D eigenvalue weighted by Crippen LogP contribution is 2.14. The maximum Gasteiger partial charge on any atom is 0.221 e. The molecule has 1 aliphatic rings. The van der Waals surface area contributed by atoms with Gasteiger partial charge in [-0.15, -0.1) is 0 Å². The molecule has 0 unspecified atom stereocenters. The average molecular weight is 255 g/mol. The van der Waals surface area contributed by atoms with E-state index in [1.54, 1.807) is 0 Å². The van der Waals surface area contributed by atoms with E-state index in [0.29, 0.717) is 12.3 Å². The molecule has 4 heteroatoms.